The van der Waals surface area contributed by atoms with Crippen molar-refractivity contribution in [3.05, 3.63) is 29.8 Å². The van der Waals surface area contributed by atoms with Gasteiger partial charge in [-0.25, -0.2) is 0 Å². The second-order valence-electron chi connectivity index (χ2n) is 5.31. The SMILES string of the molecule is OCC1(CN2CCc3ccccc32)CCC1. The van der Waals surface area contributed by atoms with Gasteiger partial charge in [0.25, 0.3) is 0 Å². The third kappa shape index (κ3) is 1.52. The van der Waals surface area contributed by atoms with Crippen LogP contribution in [0.5, 0.6) is 0 Å². The molecule has 86 valence electrons. The molecule has 0 saturated heterocycles. The second-order valence-corrected chi connectivity index (χ2v) is 5.31. The quantitative estimate of drug-likeness (QED) is 0.839. The van der Waals surface area contributed by atoms with Gasteiger partial charge >= 0.3 is 0 Å². The Morgan fingerprint density at radius 2 is 2.06 bits per heavy atom. The predicted octanol–water partition coefficient (Wildman–Crippen LogP) is 2.21. The van der Waals surface area contributed by atoms with E-state index in [4.69, 9.17) is 0 Å². The fourth-order valence-electron chi connectivity index (χ4n) is 3.02. The molecule has 1 heterocycles. The highest BCUT2D eigenvalue weighted by Crippen LogP contribution is 2.43. The average Bonchev–Trinajstić information content (AvgIpc) is 2.67. The van der Waals surface area contributed by atoms with Gasteiger partial charge in [-0.15, -0.1) is 0 Å². The summed E-state index contributed by atoms with van der Waals surface area (Å²) in [5, 5.41) is 9.52. The van der Waals surface area contributed by atoms with Crippen molar-refractivity contribution < 1.29 is 5.11 Å². The predicted molar refractivity (Wildman–Crippen MR) is 65.7 cm³/mol. The van der Waals surface area contributed by atoms with E-state index in [1.165, 1.54) is 30.5 Å². The molecule has 1 fully saturated rings. The van der Waals surface area contributed by atoms with Crippen molar-refractivity contribution in [1.29, 1.82) is 0 Å². The minimum absolute atomic E-state index is 0.206. The van der Waals surface area contributed by atoms with E-state index in [1.807, 2.05) is 0 Å². The molecule has 16 heavy (non-hydrogen) atoms. The number of rotatable bonds is 3. The zero-order valence-corrected chi connectivity index (χ0v) is 9.65. The van der Waals surface area contributed by atoms with Gasteiger partial charge in [-0.2, -0.15) is 0 Å². The third-order valence-corrected chi connectivity index (χ3v) is 4.26. The average molecular weight is 217 g/mol. The molecule has 0 aromatic heterocycles. The van der Waals surface area contributed by atoms with Crippen LogP contribution in [-0.4, -0.2) is 24.8 Å². The molecule has 1 saturated carbocycles. The molecule has 0 amide bonds. The van der Waals surface area contributed by atoms with Crippen LogP contribution < -0.4 is 4.90 Å². The van der Waals surface area contributed by atoms with Crippen molar-refractivity contribution in [2.24, 2.45) is 5.41 Å². The molecule has 0 atom stereocenters. The first kappa shape index (κ1) is 10.2. The number of aliphatic hydroxyl groups is 1. The fourth-order valence-corrected chi connectivity index (χ4v) is 3.02. The monoisotopic (exact) mass is 217 g/mol. The van der Waals surface area contributed by atoms with E-state index in [1.54, 1.807) is 0 Å². The van der Waals surface area contributed by atoms with E-state index >= 15 is 0 Å². The second kappa shape index (κ2) is 3.77. The lowest BCUT2D eigenvalue weighted by Crippen LogP contribution is -2.44. The van der Waals surface area contributed by atoms with Crippen molar-refractivity contribution in [2.75, 3.05) is 24.6 Å². The first-order chi connectivity index (χ1) is 7.83. The summed E-state index contributed by atoms with van der Waals surface area (Å²) in [4.78, 5) is 2.46. The van der Waals surface area contributed by atoms with Gasteiger partial charge in [0.2, 0.25) is 0 Å². The van der Waals surface area contributed by atoms with E-state index in [9.17, 15) is 5.11 Å². The lowest BCUT2D eigenvalue weighted by atomic mass is 9.69. The Morgan fingerprint density at radius 3 is 2.75 bits per heavy atom. The van der Waals surface area contributed by atoms with Gasteiger partial charge in [0.05, 0.1) is 6.61 Å². The normalized spacial score (nSPS) is 21.7. The molecular weight excluding hydrogens is 198 g/mol. The Kier molecular flexibility index (Phi) is 2.40. The molecule has 2 aliphatic rings. The van der Waals surface area contributed by atoms with Gasteiger partial charge in [-0.05, 0) is 30.9 Å². The molecule has 0 bridgehead atoms. The molecule has 1 aliphatic heterocycles. The highest BCUT2D eigenvalue weighted by Gasteiger charge is 2.39. The summed E-state index contributed by atoms with van der Waals surface area (Å²) in [6, 6.07) is 8.67. The van der Waals surface area contributed by atoms with Crippen LogP contribution in [-0.2, 0) is 6.42 Å². The fraction of sp³-hybridized carbons (Fsp3) is 0.571. The Balaban J connectivity index is 1.78. The van der Waals surface area contributed by atoms with Crippen LogP contribution in [0.3, 0.4) is 0 Å². The highest BCUT2D eigenvalue weighted by molar-refractivity contribution is 5.58. The first-order valence-electron chi connectivity index (χ1n) is 6.27. The van der Waals surface area contributed by atoms with Crippen LogP contribution in [0.1, 0.15) is 24.8 Å². The number of nitrogens with zero attached hydrogens (tertiary/aromatic N) is 1. The van der Waals surface area contributed by atoms with Crippen molar-refractivity contribution in [2.45, 2.75) is 25.7 Å². The Bertz CT molecular complexity index is 379. The number of para-hydroxylation sites is 1. The minimum Gasteiger partial charge on any atom is -0.396 e. The molecule has 3 rings (SSSR count). The zero-order chi connectivity index (χ0) is 11.0. The largest absolute Gasteiger partial charge is 0.396 e. The van der Waals surface area contributed by atoms with E-state index in [0.717, 1.165) is 19.5 Å². The number of fused-ring (bicyclic) bond motifs is 1. The smallest absolute Gasteiger partial charge is 0.0504 e. The van der Waals surface area contributed by atoms with Crippen LogP contribution >= 0.6 is 0 Å². The van der Waals surface area contributed by atoms with Crippen LogP contribution in [0, 0.1) is 5.41 Å². The maximum atomic E-state index is 9.52. The Hall–Kier alpha value is -1.02. The number of hydrogen-bond acceptors (Lipinski definition) is 2. The summed E-state index contributed by atoms with van der Waals surface area (Å²) >= 11 is 0. The van der Waals surface area contributed by atoms with Crippen LogP contribution in [0.25, 0.3) is 0 Å². The molecule has 1 N–H and O–H groups in total. The molecular formula is C14H19NO. The van der Waals surface area contributed by atoms with Gasteiger partial charge in [0, 0.05) is 24.2 Å². The first-order valence-corrected chi connectivity index (χ1v) is 6.27. The third-order valence-electron chi connectivity index (χ3n) is 4.26. The zero-order valence-electron chi connectivity index (χ0n) is 9.65. The molecule has 1 aromatic rings. The van der Waals surface area contributed by atoms with E-state index in [2.05, 4.69) is 29.2 Å². The van der Waals surface area contributed by atoms with Crippen LogP contribution in [0.2, 0.25) is 0 Å². The van der Waals surface area contributed by atoms with Gasteiger partial charge in [0.15, 0.2) is 0 Å². The van der Waals surface area contributed by atoms with Gasteiger partial charge in [-0.3, -0.25) is 0 Å². The van der Waals surface area contributed by atoms with E-state index < -0.39 is 0 Å². The minimum atomic E-state index is 0.206. The Morgan fingerprint density at radius 1 is 1.25 bits per heavy atom. The number of hydrogen-bond donors (Lipinski definition) is 1. The molecule has 2 nitrogen and oxygen atoms in total. The molecule has 0 unspecified atom stereocenters. The van der Waals surface area contributed by atoms with Crippen molar-refractivity contribution >= 4 is 5.69 Å². The van der Waals surface area contributed by atoms with Crippen molar-refractivity contribution in [3.63, 3.8) is 0 Å². The number of anilines is 1. The molecule has 1 aliphatic carbocycles. The maximum Gasteiger partial charge on any atom is 0.0504 e. The standard InChI is InChI=1S/C14H19NO/c16-11-14(7-3-8-14)10-15-9-6-12-4-1-2-5-13(12)15/h1-2,4-5,16H,3,6-11H2. The summed E-state index contributed by atoms with van der Waals surface area (Å²) in [5.41, 5.74) is 3.06. The number of benzene rings is 1. The van der Waals surface area contributed by atoms with E-state index in [-0.39, 0.29) is 5.41 Å². The Labute approximate surface area is 96.9 Å². The molecule has 2 heteroatoms. The lowest BCUT2D eigenvalue weighted by molar-refractivity contribution is 0.0518. The summed E-state index contributed by atoms with van der Waals surface area (Å²) in [6.07, 6.45) is 4.85. The molecule has 0 radical (unpaired) electrons. The maximum absolute atomic E-state index is 9.52. The van der Waals surface area contributed by atoms with Gasteiger partial charge < -0.3 is 10.0 Å². The highest BCUT2D eigenvalue weighted by atomic mass is 16.3. The van der Waals surface area contributed by atoms with Gasteiger partial charge in [-0.1, -0.05) is 24.6 Å². The molecule has 1 aromatic carbocycles. The summed E-state index contributed by atoms with van der Waals surface area (Å²) < 4.78 is 0. The van der Waals surface area contributed by atoms with Crippen molar-refractivity contribution in [3.8, 4) is 0 Å². The summed E-state index contributed by atoms with van der Waals surface area (Å²) in [7, 11) is 0. The summed E-state index contributed by atoms with van der Waals surface area (Å²) in [5.74, 6) is 0. The van der Waals surface area contributed by atoms with Crippen LogP contribution in [0.15, 0.2) is 24.3 Å². The lowest BCUT2D eigenvalue weighted by Gasteiger charge is -2.43. The van der Waals surface area contributed by atoms with Crippen molar-refractivity contribution in [1.82, 2.24) is 0 Å². The van der Waals surface area contributed by atoms with E-state index in [0.29, 0.717) is 6.61 Å². The summed E-state index contributed by atoms with van der Waals surface area (Å²) in [6.45, 7) is 2.52. The van der Waals surface area contributed by atoms with Gasteiger partial charge in [0.1, 0.15) is 0 Å². The number of aliphatic hydroxyl groups excluding tert-OH is 1. The molecule has 0 spiro atoms. The topological polar surface area (TPSA) is 23.5 Å². The van der Waals surface area contributed by atoms with Crippen LogP contribution in [0.4, 0.5) is 5.69 Å².